The predicted octanol–water partition coefficient (Wildman–Crippen LogP) is 0.992. The van der Waals surface area contributed by atoms with Gasteiger partial charge < -0.3 is 15.7 Å². The van der Waals surface area contributed by atoms with Gasteiger partial charge in [0.05, 0.1) is 11.8 Å². The molecule has 0 radical (unpaired) electrons. The van der Waals surface area contributed by atoms with Gasteiger partial charge >= 0.3 is 5.97 Å². The Balaban J connectivity index is 2.14. The zero-order valence-corrected chi connectivity index (χ0v) is 11.2. The van der Waals surface area contributed by atoms with E-state index in [2.05, 4.69) is 10.6 Å². The molecule has 0 aromatic heterocycles. The van der Waals surface area contributed by atoms with Crippen LogP contribution in [0.1, 0.15) is 39.5 Å². The fraction of sp³-hybridized carbons (Fsp3) is 0.846. The second-order valence-corrected chi connectivity index (χ2v) is 5.27. The highest BCUT2D eigenvalue weighted by molar-refractivity contribution is 5.79. The zero-order chi connectivity index (χ0) is 13.5. The monoisotopic (exact) mass is 256 g/mol. The van der Waals surface area contributed by atoms with Crippen molar-refractivity contribution in [2.45, 2.75) is 45.6 Å². The van der Waals surface area contributed by atoms with Gasteiger partial charge in [0, 0.05) is 12.6 Å². The quantitative estimate of drug-likeness (QED) is 0.635. The molecule has 0 aromatic rings. The maximum atomic E-state index is 11.8. The lowest BCUT2D eigenvalue weighted by Gasteiger charge is -2.17. The van der Waals surface area contributed by atoms with Crippen molar-refractivity contribution in [2.24, 2.45) is 11.8 Å². The van der Waals surface area contributed by atoms with Crippen LogP contribution in [0.3, 0.4) is 0 Å². The van der Waals surface area contributed by atoms with Crippen LogP contribution in [0.2, 0.25) is 0 Å². The Hall–Kier alpha value is -1.10. The minimum Gasteiger partial charge on any atom is -0.481 e. The maximum Gasteiger partial charge on any atom is 0.306 e. The lowest BCUT2D eigenvalue weighted by molar-refractivity contribution is -0.141. The molecule has 1 rings (SSSR count). The van der Waals surface area contributed by atoms with Crippen LogP contribution in [-0.2, 0) is 9.59 Å². The van der Waals surface area contributed by atoms with Crippen molar-refractivity contribution in [3.8, 4) is 0 Å². The summed E-state index contributed by atoms with van der Waals surface area (Å²) < 4.78 is 0. The second kappa shape index (κ2) is 7.36. The number of carbonyl (C=O) groups excluding carboxylic acids is 1. The van der Waals surface area contributed by atoms with Crippen molar-refractivity contribution in [2.75, 3.05) is 13.1 Å². The largest absolute Gasteiger partial charge is 0.481 e. The van der Waals surface area contributed by atoms with Gasteiger partial charge in [0.1, 0.15) is 0 Å². The molecule has 1 amide bonds. The van der Waals surface area contributed by atoms with Crippen LogP contribution in [0.5, 0.6) is 0 Å². The van der Waals surface area contributed by atoms with E-state index >= 15 is 0 Å². The van der Waals surface area contributed by atoms with Crippen molar-refractivity contribution in [1.29, 1.82) is 0 Å². The van der Waals surface area contributed by atoms with Crippen LogP contribution in [-0.4, -0.2) is 36.1 Å². The van der Waals surface area contributed by atoms with Crippen LogP contribution in [0.15, 0.2) is 0 Å². The van der Waals surface area contributed by atoms with Crippen LogP contribution in [0, 0.1) is 11.8 Å². The van der Waals surface area contributed by atoms with Gasteiger partial charge in [-0.1, -0.05) is 13.3 Å². The first-order valence-corrected chi connectivity index (χ1v) is 6.74. The van der Waals surface area contributed by atoms with E-state index in [9.17, 15) is 9.59 Å². The maximum absolute atomic E-state index is 11.8. The van der Waals surface area contributed by atoms with Gasteiger partial charge in [-0.25, -0.2) is 0 Å². The normalized spacial score (nSPS) is 22.4. The molecule has 0 bridgehead atoms. The fourth-order valence-electron chi connectivity index (χ4n) is 2.17. The molecule has 0 aromatic carbocycles. The fourth-order valence-corrected chi connectivity index (χ4v) is 2.17. The number of carboxylic acid groups (broad SMARTS) is 1. The zero-order valence-electron chi connectivity index (χ0n) is 11.2. The molecule has 3 atom stereocenters. The molecule has 3 unspecified atom stereocenters. The first kappa shape index (κ1) is 15.0. The highest BCUT2D eigenvalue weighted by Crippen LogP contribution is 2.11. The number of hydrogen-bond acceptors (Lipinski definition) is 3. The van der Waals surface area contributed by atoms with Crippen molar-refractivity contribution in [3.05, 3.63) is 0 Å². The summed E-state index contributed by atoms with van der Waals surface area (Å²) in [5, 5.41) is 14.9. The van der Waals surface area contributed by atoms with E-state index in [0.717, 1.165) is 32.4 Å². The van der Waals surface area contributed by atoms with E-state index in [4.69, 9.17) is 5.11 Å². The third-order valence-electron chi connectivity index (χ3n) is 3.52. The summed E-state index contributed by atoms with van der Waals surface area (Å²) in [4.78, 5) is 22.5. The van der Waals surface area contributed by atoms with Gasteiger partial charge in [-0.2, -0.15) is 0 Å². The van der Waals surface area contributed by atoms with Crippen LogP contribution in [0.25, 0.3) is 0 Å². The van der Waals surface area contributed by atoms with Crippen molar-refractivity contribution < 1.29 is 14.7 Å². The number of amides is 1. The molecule has 0 spiro atoms. The van der Waals surface area contributed by atoms with Gasteiger partial charge in [0.25, 0.3) is 0 Å². The summed E-state index contributed by atoms with van der Waals surface area (Å²) in [7, 11) is 0. The summed E-state index contributed by atoms with van der Waals surface area (Å²) in [5.74, 6) is -0.820. The lowest BCUT2D eigenvalue weighted by atomic mass is 10.0. The van der Waals surface area contributed by atoms with E-state index in [1.165, 1.54) is 0 Å². The third-order valence-corrected chi connectivity index (χ3v) is 3.52. The molecule has 1 aliphatic rings. The summed E-state index contributed by atoms with van der Waals surface area (Å²) in [6, 6.07) is 0.124. The molecule has 3 N–H and O–H groups in total. The number of carboxylic acids is 1. The van der Waals surface area contributed by atoms with E-state index in [1.807, 2.05) is 6.92 Å². The van der Waals surface area contributed by atoms with Crippen LogP contribution >= 0.6 is 0 Å². The summed E-state index contributed by atoms with van der Waals surface area (Å²) in [6.07, 6.45) is 3.25. The van der Waals surface area contributed by atoms with E-state index < -0.39 is 5.97 Å². The molecule has 0 saturated carbocycles. The molecule has 5 nitrogen and oxygen atoms in total. The second-order valence-electron chi connectivity index (χ2n) is 5.27. The molecule has 1 fully saturated rings. The molecule has 1 saturated heterocycles. The minimum absolute atomic E-state index is 0.102. The number of carbonyl (C=O) groups is 2. The average Bonchev–Trinajstić information content (AvgIpc) is 2.81. The van der Waals surface area contributed by atoms with Gasteiger partial charge in [-0.15, -0.1) is 0 Å². The highest BCUT2D eigenvalue weighted by atomic mass is 16.4. The minimum atomic E-state index is -0.747. The van der Waals surface area contributed by atoms with Crippen molar-refractivity contribution >= 4 is 11.9 Å². The highest BCUT2D eigenvalue weighted by Gasteiger charge is 2.23. The smallest absolute Gasteiger partial charge is 0.306 e. The summed E-state index contributed by atoms with van der Waals surface area (Å²) in [5.41, 5.74) is 0. The Labute approximate surface area is 108 Å². The first-order chi connectivity index (χ1) is 8.50. The molecule has 0 aliphatic carbocycles. The Kier molecular flexibility index (Phi) is 6.12. The van der Waals surface area contributed by atoms with Gasteiger partial charge in [-0.05, 0) is 32.7 Å². The molecule has 1 aliphatic heterocycles. The lowest BCUT2D eigenvalue weighted by Crippen LogP contribution is -2.38. The standard InChI is InChI=1S/C13H24N2O3/c1-9(13(17)18)4-3-5-10(2)15-12(16)11-6-7-14-8-11/h9-11,14H,3-8H2,1-2H3,(H,15,16)(H,17,18). The molecule has 5 heteroatoms. The number of rotatable bonds is 7. The molecule has 104 valence electrons. The van der Waals surface area contributed by atoms with Gasteiger partial charge in [0.15, 0.2) is 0 Å². The van der Waals surface area contributed by atoms with Crippen molar-refractivity contribution in [3.63, 3.8) is 0 Å². The molecular formula is C13H24N2O3. The van der Waals surface area contributed by atoms with Gasteiger partial charge in [0.2, 0.25) is 5.91 Å². The topological polar surface area (TPSA) is 78.4 Å². The van der Waals surface area contributed by atoms with E-state index in [0.29, 0.717) is 6.42 Å². The number of nitrogens with one attached hydrogen (secondary N) is 2. The van der Waals surface area contributed by atoms with Crippen molar-refractivity contribution in [1.82, 2.24) is 10.6 Å². The van der Waals surface area contributed by atoms with Crippen LogP contribution < -0.4 is 10.6 Å². The predicted molar refractivity (Wildman–Crippen MR) is 69.2 cm³/mol. The Morgan fingerprint density at radius 3 is 2.67 bits per heavy atom. The Morgan fingerprint density at radius 2 is 2.11 bits per heavy atom. The summed E-state index contributed by atoms with van der Waals surface area (Å²) >= 11 is 0. The summed E-state index contributed by atoms with van der Waals surface area (Å²) in [6.45, 7) is 5.39. The number of aliphatic carboxylic acids is 1. The average molecular weight is 256 g/mol. The van der Waals surface area contributed by atoms with E-state index in [1.54, 1.807) is 6.92 Å². The van der Waals surface area contributed by atoms with Crippen LogP contribution in [0.4, 0.5) is 0 Å². The van der Waals surface area contributed by atoms with Gasteiger partial charge in [-0.3, -0.25) is 9.59 Å². The third kappa shape index (κ3) is 5.04. The SMILES string of the molecule is CC(CCCC(C)C(=O)O)NC(=O)C1CCNC1. The molecular weight excluding hydrogens is 232 g/mol. The first-order valence-electron chi connectivity index (χ1n) is 6.74. The molecule has 18 heavy (non-hydrogen) atoms. The molecule has 1 heterocycles. The Bertz CT molecular complexity index is 288. The Morgan fingerprint density at radius 1 is 1.39 bits per heavy atom. The number of hydrogen-bond donors (Lipinski definition) is 3. The van der Waals surface area contributed by atoms with E-state index in [-0.39, 0.29) is 23.8 Å².